The highest BCUT2D eigenvalue weighted by molar-refractivity contribution is 5.85. The first-order valence-corrected chi connectivity index (χ1v) is 7.42. The smallest absolute Gasteiger partial charge is 0.119 e. The number of hydrogen-bond donors (Lipinski definition) is 1. The maximum atomic E-state index is 6.12. The summed E-state index contributed by atoms with van der Waals surface area (Å²) in [4.78, 5) is 2.53. The fraction of sp³-hybridized carbons (Fsp3) is 0.625. The zero-order valence-electron chi connectivity index (χ0n) is 12.5. The molecule has 114 valence electrons. The molecule has 1 aromatic rings. The van der Waals surface area contributed by atoms with Gasteiger partial charge >= 0.3 is 0 Å². The van der Waals surface area contributed by atoms with E-state index in [1.807, 2.05) is 13.0 Å². The van der Waals surface area contributed by atoms with Crippen LogP contribution in [0, 0.1) is 0 Å². The Balaban J connectivity index is 0.00000200. The second kappa shape index (κ2) is 8.50. The number of ether oxygens (including phenoxy) is 1. The Morgan fingerprint density at radius 1 is 1.40 bits per heavy atom. The third kappa shape index (κ3) is 4.65. The van der Waals surface area contributed by atoms with Crippen LogP contribution in [0.15, 0.2) is 24.3 Å². The van der Waals surface area contributed by atoms with Crippen molar-refractivity contribution in [3.8, 4) is 5.75 Å². The predicted octanol–water partition coefficient (Wildman–Crippen LogP) is 3.21. The molecule has 0 radical (unpaired) electrons. The third-order valence-corrected chi connectivity index (χ3v) is 3.87. The van der Waals surface area contributed by atoms with E-state index in [4.69, 9.17) is 10.5 Å². The largest absolute Gasteiger partial charge is 0.494 e. The lowest BCUT2D eigenvalue weighted by Crippen LogP contribution is -2.48. The van der Waals surface area contributed by atoms with Crippen LogP contribution in [0.4, 0.5) is 0 Å². The summed E-state index contributed by atoms with van der Waals surface area (Å²) in [5.41, 5.74) is 7.44. The summed E-state index contributed by atoms with van der Waals surface area (Å²) in [6, 6.07) is 9.18. The highest BCUT2D eigenvalue weighted by atomic mass is 35.5. The molecule has 20 heavy (non-hydrogen) atoms. The van der Waals surface area contributed by atoms with Gasteiger partial charge in [-0.3, -0.25) is 4.90 Å². The minimum absolute atomic E-state index is 0. The van der Waals surface area contributed by atoms with E-state index in [0.29, 0.717) is 6.04 Å². The number of nitrogens with zero attached hydrogens (tertiary/aromatic N) is 1. The van der Waals surface area contributed by atoms with E-state index >= 15 is 0 Å². The van der Waals surface area contributed by atoms with E-state index in [-0.39, 0.29) is 18.4 Å². The standard InChI is InChI=1S/C16H26N2O.ClH/c1-3-19-15-8-6-7-14(11-15)12-18-10-5-4-9-16(18)13(2)17;/h6-8,11,13,16H,3-5,9-10,12,17H2,1-2H3;1H. The molecule has 0 aromatic heterocycles. The lowest BCUT2D eigenvalue weighted by atomic mass is 9.96. The molecule has 1 aromatic carbocycles. The zero-order valence-corrected chi connectivity index (χ0v) is 13.4. The van der Waals surface area contributed by atoms with E-state index in [1.165, 1.54) is 24.8 Å². The topological polar surface area (TPSA) is 38.5 Å². The molecule has 1 aliphatic rings. The monoisotopic (exact) mass is 298 g/mol. The second-order valence-electron chi connectivity index (χ2n) is 5.47. The van der Waals surface area contributed by atoms with Crippen LogP contribution in [0.25, 0.3) is 0 Å². The molecular weight excluding hydrogens is 272 g/mol. The van der Waals surface area contributed by atoms with E-state index in [9.17, 15) is 0 Å². The van der Waals surface area contributed by atoms with Gasteiger partial charge in [-0.05, 0) is 50.9 Å². The van der Waals surface area contributed by atoms with Gasteiger partial charge in [0.15, 0.2) is 0 Å². The molecule has 2 N–H and O–H groups in total. The van der Waals surface area contributed by atoms with E-state index < -0.39 is 0 Å². The van der Waals surface area contributed by atoms with Crippen molar-refractivity contribution in [1.82, 2.24) is 4.90 Å². The Bertz CT molecular complexity index is 398. The van der Waals surface area contributed by atoms with Crippen LogP contribution in [-0.4, -0.2) is 30.1 Å². The van der Waals surface area contributed by atoms with Crippen molar-refractivity contribution in [2.45, 2.75) is 51.7 Å². The number of likely N-dealkylation sites (tertiary alicyclic amines) is 1. The molecule has 4 heteroatoms. The van der Waals surface area contributed by atoms with Crippen LogP contribution in [0.5, 0.6) is 5.75 Å². The second-order valence-corrected chi connectivity index (χ2v) is 5.47. The van der Waals surface area contributed by atoms with Crippen LogP contribution in [-0.2, 0) is 6.54 Å². The summed E-state index contributed by atoms with van der Waals surface area (Å²) in [6.45, 7) is 7.00. The van der Waals surface area contributed by atoms with Gasteiger partial charge in [0.05, 0.1) is 6.61 Å². The summed E-state index contributed by atoms with van der Waals surface area (Å²) >= 11 is 0. The zero-order chi connectivity index (χ0) is 13.7. The predicted molar refractivity (Wildman–Crippen MR) is 86.6 cm³/mol. The average molecular weight is 299 g/mol. The Kier molecular flexibility index (Phi) is 7.35. The summed E-state index contributed by atoms with van der Waals surface area (Å²) in [6.07, 6.45) is 3.82. The first-order valence-electron chi connectivity index (χ1n) is 7.42. The van der Waals surface area contributed by atoms with Gasteiger partial charge < -0.3 is 10.5 Å². The van der Waals surface area contributed by atoms with E-state index in [1.54, 1.807) is 0 Å². The number of halogens is 1. The molecule has 1 aliphatic heterocycles. The van der Waals surface area contributed by atoms with Crippen molar-refractivity contribution in [2.75, 3.05) is 13.2 Å². The number of piperidine rings is 1. The van der Waals surface area contributed by atoms with E-state index in [2.05, 4.69) is 30.0 Å². The number of benzene rings is 1. The molecule has 1 fully saturated rings. The SMILES string of the molecule is CCOc1cccc(CN2CCCCC2C(C)N)c1.Cl. The van der Waals surface area contributed by atoms with Crippen LogP contribution in [0.1, 0.15) is 38.7 Å². The van der Waals surface area contributed by atoms with Gasteiger partial charge in [0.1, 0.15) is 5.75 Å². The molecule has 0 aliphatic carbocycles. The maximum Gasteiger partial charge on any atom is 0.119 e. The van der Waals surface area contributed by atoms with E-state index in [0.717, 1.165) is 25.4 Å². The normalized spacial score (nSPS) is 21.1. The Morgan fingerprint density at radius 3 is 2.90 bits per heavy atom. The Morgan fingerprint density at radius 2 is 2.20 bits per heavy atom. The summed E-state index contributed by atoms with van der Waals surface area (Å²) in [5.74, 6) is 0.967. The molecule has 2 atom stereocenters. The molecule has 2 rings (SSSR count). The first-order chi connectivity index (χ1) is 9.20. The van der Waals surface area contributed by atoms with Gasteiger partial charge in [-0.2, -0.15) is 0 Å². The van der Waals surface area contributed by atoms with Gasteiger partial charge in [0.2, 0.25) is 0 Å². The third-order valence-electron chi connectivity index (χ3n) is 3.87. The van der Waals surface area contributed by atoms with Crippen molar-refractivity contribution >= 4 is 12.4 Å². The minimum Gasteiger partial charge on any atom is -0.494 e. The van der Waals surface area contributed by atoms with Crippen LogP contribution in [0.2, 0.25) is 0 Å². The molecule has 2 unspecified atom stereocenters. The quantitative estimate of drug-likeness (QED) is 0.907. The van der Waals surface area contributed by atoms with Crippen molar-refractivity contribution in [1.29, 1.82) is 0 Å². The van der Waals surface area contributed by atoms with Crippen LogP contribution in [0.3, 0.4) is 0 Å². The highest BCUT2D eigenvalue weighted by Gasteiger charge is 2.25. The number of nitrogens with two attached hydrogens (primary N) is 1. The van der Waals surface area contributed by atoms with Crippen LogP contribution < -0.4 is 10.5 Å². The summed E-state index contributed by atoms with van der Waals surface area (Å²) < 4.78 is 5.57. The van der Waals surface area contributed by atoms with Gasteiger partial charge in [0.25, 0.3) is 0 Å². The van der Waals surface area contributed by atoms with Gasteiger partial charge in [0, 0.05) is 18.6 Å². The lowest BCUT2D eigenvalue weighted by Gasteiger charge is -2.38. The Hall–Kier alpha value is -0.770. The minimum atomic E-state index is 0. The summed E-state index contributed by atoms with van der Waals surface area (Å²) in [5, 5.41) is 0. The fourth-order valence-corrected chi connectivity index (χ4v) is 2.94. The van der Waals surface area contributed by atoms with Crippen molar-refractivity contribution in [3.63, 3.8) is 0 Å². The lowest BCUT2D eigenvalue weighted by molar-refractivity contribution is 0.123. The molecule has 0 spiro atoms. The average Bonchev–Trinajstić information content (AvgIpc) is 2.40. The fourth-order valence-electron chi connectivity index (χ4n) is 2.94. The van der Waals surface area contributed by atoms with Crippen molar-refractivity contribution in [2.24, 2.45) is 5.73 Å². The van der Waals surface area contributed by atoms with Crippen molar-refractivity contribution < 1.29 is 4.74 Å². The molecule has 1 heterocycles. The first kappa shape index (κ1) is 17.3. The number of rotatable bonds is 5. The molecule has 0 saturated carbocycles. The van der Waals surface area contributed by atoms with Crippen LogP contribution >= 0.6 is 12.4 Å². The molecule has 0 amide bonds. The van der Waals surface area contributed by atoms with Crippen molar-refractivity contribution in [3.05, 3.63) is 29.8 Å². The molecule has 3 nitrogen and oxygen atoms in total. The van der Waals surface area contributed by atoms with Gasteiger partial charge in [-0.25, -0.2) is 0 Å². The Labute approximate surface area is 128 Å². The number of hydrogen-bond acceptors (Lipinski definition) is 3. The van der Waals surface area contributed by atoms with Gasteiger partial charge in [-0.15, -0.1) is 12.4 Å². The molecule has 0 bridgehead atoms. The van der Waals surface area contributed by atoms with Gasteiger partial charge in [-0.1, -0.05) is 18.6 Å². The molecular formula is C16H27ClN2O. The maximum absolute atomic E-state index is 6.12. The summed E-state index contributed by atoms with van der Waals surface area (Å²) in [7, 11) is 0. The highest BCUT2D eigenvalue weighted by Crippen LogP contribution is 2.22. The molecule has 1 saturated heterocycles.